The molecule has 18 heavy (non-hydrogen) atoms. The van der Waals surface area contributed by atoms with Gasteiger partial charge in [0.05, 0.1) is 24.4 Å². The third kappa shape index (κ3) is 2.03. The van der Waals surface area contributed by atoms with Gasteiger partial charge < -0.3 is 15.2 Å². The van der Waals surface area contributed by atoms with Crippen LogP contribution in [0, 0.1) is 6.92 Å². The third-order valence-corrected chi connectivity index (χ3v) is 3.68. The highest BCUT2D eigenvalue weighted by Gasteiger charge is 2.17. The summed E-state index contributed by atoms with van der Waals surface area (Å²) in [6, 6.07) is 3.64. The number of ether oxygens (including phenoxy) is 2. The molecule has 0 aliphatic heterocycles. The van der Waals surface area contributed by atoms with E-state index in [-0.39, 0.29) is 0 Å². The minimum absolute atomic E-state index is 0.433. The summed E-state index contributed by atoms with van der Waals surface area (Å²) in [5, 5.41) is 6.78. The molecule has 1 aromatic heterocycles. The average Bonchev–Trinajstić information content (AvgIpc) is 2.79. The Kier molecular flexibility index (Phi) is 3.47. The summed E-state index contributed by atoms with van der Waals surface area (Å²) >= 11 is 3.52. The molecule has 0 bridgehead atoms. The fraction of sp³-hybridized carbons (Fsp3) is 0.250. The van der Waals surface area contributed by atoms with Crippen LogP contribution < -0.4 is 15.2 Å². The van der Waals surface area contributed by atoms with E-state index >= 15 is 0 Å². The van der Waals surface area contributed by atoms with Crippen LogP contribution in [0.25, 0.3) is 11.3 Å². The summed E-state index contributed by atoms with van der Waals surface area (Å²) in [7, 11) is 3.25. The number of aromatic amines is 1. The lowest BCUT2D eigenvalue weighted by Gasteiger charge is -2.14. The largest absolute Gasteiger partial charge is 0.496 e. The van der Waals surface area contributed by atoms with E-state index in [4.69, 9.17) is 15.2 Å². The van der Waals surface area contributed by atoms with E-state index in [1.165, 1.54) is 0 Å². The van der Waals surface area contributed by atoms with E-state index in [0.29, 0.717) is 5.82 Å². The minimum Gasteiger partial charge on any atom is -0.496 e. The summed E-state index contributed by atoms with van der Waals surface area (Å²) in [6.45, 7) is 1.95. The quantitative estimate of drug-likeness (QED) is 0.914. The number of nitrogens with two attached hydrogens (primary N) is 1. The lowest BCUT2D eigenvalue weighted by atomic mass is 10.1. The second kappa shape index (κ2) is 4.89. The van der Waals surface area contributed by atoms with Crippen LogP contribution in [0.5, 0.6) is 11.5 Å². The van der Waals surface area contributed by atoms with Crippen molar-refractivity contribution in [3.8, 4) is 22.8 Å². The molecule has 0 fully saturated rings. The maximum absolute atomic E-state index is 5.62. The molecule has 0 saturated heterocycles. The van der Waals surface area contributed by atoms with Crippen molar-refractivity contribution >= 4 is 21.7 Å². The van der Waals surface area contributed by atoms with E-state index in [2.05, 4.69) is 26.1 Å². The molecule has 0 atom stereocenters. The molecule has 1 heterocycles. The third-order valence-electron chi connectivity index (χ3n) is 2.73. The molecule has 0 aliphatic carbocycles. The number of nitrogen functional groups attached to an aromatic ring is 1. The smallest absolute Gasteiger partial charge is 0.145 e. The molecule has 1 aromatic carbocycles. The van der Waals surface area contributed by atoms with Crippen LogP contribution in [-0.4, -0.2) is 24.4 Å². The molecular formula is C12H14BrN3O2. The number of rotatable bonds is 3. The van der Waals surface area contributed by atoms with Gasteiger partial charge in [-0.25, -0.2) is 0 Å². The number of benzene rings is 1. The van der Waals surface area contributed by atoms with Gasteiger partial charge in [-0.15, -0.1) is 0 Å². The number of H-pyrrole nitrogens is 1. The van der Waals surface area contributed by atoms with E-state index < -0.39 is 0 Å². The first-order chi connectivity index (χ1) is 8.58. The number of nitrogens with one attached hydrogen (secondary N) is 1. The average molecular weight is 312 g/mol. The van der Waals surface area contributed by atoms with Crippen molar-refractivity contribution in [2.24, 2.45) is 0 Å². The summed E-state index contributed by atoms with van der Waals surface area (Å²) in [5.74, 6) is 1.92. The Labute approximate surface area is 113 Å². The van der Waals surface area contributed by atoms with Gasteiger partial charge in [0, 0.05) is 17.2 Å². The van der Waals surface area contributed by atoms with Crippen molar-refractivity contribution in [3.63, 3.8) is 0 Å². The highest BCUT2D eigenvalue weighted by molar-refractivity contribution is 9.10. The Balaban J connectivity index is 2.69. The summed E-state index contributed by atoms with van der Waals surface area (Å²) in [6.07, 6.45) is 0. The van der Waals surface area contributed by atoms with E-state index in [1.54, 1.807) is 20.3 Å². The van der Waals surface area contributed by atoms with E-state index in [1.807, 2.05) is 13.0 Å². The summed E-state index contributed by atoms with van der Waals surface area (Å²) < 4.78 is 11.6. The molecule has 0 aliphatic rings. The first-order valence-corrected chi connectivity index (χ1v) is 6.10. The molecule has 0 spiro atoms. The van der Waals surface area contributed by atoms with Crippen LogP contribution in [0.1, 0.15) is 5.56 Å². The zero-order valence-corrected chi connectivity index (χ0v) is 12.0. The SMILES string of the molecule is COc1cc(-c2cc(N)n[nH]2)c(OC)c(Br)c1C. The molecule has 6 heteroatoms. The second-order valence-electron chi connectivity index (χ2n) is 3.81. The maximum Gasteiger partial charge on any atom is 0.145 e. The van der Waals surface area contributed by atoms with Crippen molar-refractivity contribution in [1.29, 1.82) is 0 Å². The summed E-state index contributed by atoms with van der Waals surface area (Å²) in [4.78, 5) is 0. The van der Waals surface area contributed by atoms with Crippen molar-refractivity contribution in [1.82, 2.24) is 10.2 Å². The number of halogens is 1. The molecule has 3 N–H and O–H groups in total. The topological polar surface area (TPSA) is 73.2 Å². The highest BCUT2D eigenvalue weighted by atomic mass is 79.9. The number of anilines is 1. The number of methoxy groups -OCH3 is 2. The van der Waals surface area contributed by atoms with Gasteiger partial charge in [-0.1, -0.05) is 0 Å². The lowest BCUT2D eigenvalue weighted by molar-refractivity contribution is 0.399. The van der Waals surface area contributed by atoms with Gasteiger partial charge in [0.25, 0.3) is 0 Å². The fourth-order valence-corrected chi connectivity index (χ4v) is 2.36. The number of hydrogen-bond donors (Lipinski definition) is 2. The van der Waals surface area contributed by atoms with Gasteiger partial charge in [0.2, 0.25) is 0 Å². The van der Waals surface area contributed by atoms with Crippen LogP contribution in [0.4, 0.5) is 5.82 Å². The minimum atomic E-state index is 0.433. The van der Waals surface area contributed by atoms with E-state index in [0.717, 1.165) is 32.8 Å². The van der Waals surface area contributed by atoms with Crippen molar-refractivity contribution in [2.45, 2.75) is 6.92 Å². The first-order valence-electron chi connectivity index (χ1n) is 5.30. The molecule has 2 aromatic rings. The number of nitrogens with zero attached hydrogens (tertiary/aromatic N) is 1. The predicted octanol–water partition coefficient (Wildman–Crippen LogP) is 2.75. The molecule has 5 nitrogen and oxygen atoms in total. The second-order valence-corrected chi connectivity index (χ2v) is 4.60. The van der Waals surface area contributed by atoms with Gasteiger partial charge in [0.15, 0.2) is 0 Å². The first kappa shape index (κ1) is 12.8. The van der Waals surface area contributed by atoms with Gasteiger partial charge in [-0.3, -0.25) is 5.10 Å². The zero-order valence-electron chi connectivity index (χ0n) is 10.4. The van der Waals surface area contributed by atoms with Crippen LogP contribution >= 0.6 is 15.9 Å². The molecule has 96 valence electrons. The van der Waals surface area contributed by atoms with Crippen LogP contribution in [-0.2, 0) is 0 Å². The van der Waals surface area contributed by atoms with Gasteiger partial charge in [-0.05, 0) is 28.9 Å². The standard InChI is InChI=1S/C12H14BrN3O2/c1-6-9(17-2)4-7(12(18-3)11(6)13)8-5-10(14)16-15-8/h4-5H,1-3H3,(H3,14,15,16). The Morgan fingerprint density at radius 1 is 1.28 bits per heavy atom. The van der Waals surface area contributed by atoms with Crippen LogP contribution in [0.2, 0.25) is 0 Å². The van der Waals surface area contributed by atoms with Gasteiger partial charge >= 0.3 is 0 Å². The van der Waals surface area contributed by atoms with Crippen LogP contribution in [0.3, 0.4) is 0 Å². The fourth-order valence-electron chi connectivity index (χ4n) is 1.79. The normalized spacial score (nSPS) is 10.4. The number of aromatic nitrogens is 2. The van der Waals surface area contributed by atoms with E-state index in [9.17, 15) is 0 Å². The Hall–Kier alpha value is -1.69. The van der Waals surface area contributed by atoms with Crippen molar-refractivity contribution in [2.75, 3.05) is 20.0 Å². The van der Waals surface area contributed by atoms with Crippen LogP contribution in [0.15, 0.2) is 16.6 Å². The summed E-state index contributed by atoms with van der Waals surface area (Å²) in [5.41, 5.74) is 8.22. The molecule has 0 amide bonds. The molecular weight excluding hydrogens is 298 g/mol. The zero-order chi connectivity index (χ0) is 13.3. The predicted molar refractivity (Wildman–Crippen MR) is 74.0 cm³/mol. The molecule has 2 rings (SSSR count). The van der Waals surface area contributed by atoms with Gasteiger partial charge in [-0.2, -0.15) is 5.10 Å². The van der Waals surface area contributed by atoms with Gasteiger partial charge in [0.1, 0.15) is 17.3 Å². The van der Waals surface area contributed by atoms with Crippen molar-refractivity contribution < 1.29 is 9.47 Å². The lowest BCUT2D eigenvalue weighted by Crippen LogP contribution is -1.95. The maximum atomic E-state index is 5.62. The highest BCUT2D eigenvalue weighted by Crippen LogP contribution is 2.42. The Morgan fingerprint density at radius 3 is 2.50 bits per heavy atom. The van der Waals surface area contributed by atoms with Crippen molar-refractivity contribution in [3.05, 3.63) is 22.2 Å². The molecule has 0 radical (unpaired) electrons. The Morgan fingerprint density at radius 2 is 2.00 bits per heavy atom. The molecule has 0 unspecified atom stereocenters. The number of hydrogen-bond acceptors (Lipinski definition) is 4. The molecule has 0 saturated carbocycles. The monoisotopic (exact) mass is 311 g/mol. The Bertz CT molecular complexity index is 581.